The second kappa shape index (κ2) is 4.30. The monoisotopic (exact) mass is 260 g/mol. The van der Waals surface area contributed by atoms with Crippen LogP contribution in [0.25, 0.3) is 0 Å². The first-order valence-corrected chi connectivity index (χ1v) is 5.51. The van der Waals surface area contributed by atoms with E-state index in [4.69, 9.17) is 0 Å². The highest BCUT2D eigenvalue weighted by molar-refractivity contribution is 5.18. The molecule has 0 bridgehead atoms. The summed E-state index contributed by atoms with van der Waals surface area (Å²) in [5, 5.41) is 0. The summed E-state index contributed by atoms with van der Waals surface area (Å²) in [5.74, 6) is -9.63. The van der Waals surface area contributed by atoms with Crippen LogP contribution in [-0.2, 0) is 11.2 Å². The highest BCUT2D eigenvalue weighted by Crippen LogP contribution is 2.50. The zero-order valence-corrected chi connectivity index (χ0v) is 9.51. The fourth-order valence-corrected chi connectivity index (χ4v) is 1.89. The van der Waals surface area contributed by atoms with Gasteiger partial charge in [0.25, 0.3) is 0 Å². The summed E-state index contributed by atoms with van der Waals surface area (Å²) in [6.45, 7) is 2.86. The van der Waals surface area contributed by atoms with Gasteiger partial charge in [-0.1, -0.05) is 36.9 Å². The molecule has 18 heavy (non-hydrogen) atoms. The average molecular weight is 260 g/mol. The molecule has 1 atom stereocenters. The molecule has 1 heterocycles. The second-order valence-electron chi connectivity index (χ2n) is 4.25. The SMILES string of the molecule is C=C1OC(CCc2ccccc2)C(F)(F)C1(F)F. The van der Waals surface area contributed by atoms with Crippen LogP contribution in [0.3, 0.4) is 0 Å². The number of allylic oxidation sites excluding steroid dienone is 1. The lowest BCUT2D eigenvalue weighted by molar-refractivity contribution is -0.183. The molecule has 2 rings (SSSR count). The lowest BCUT2D eigenvalue weighted by Gasteiger charge is -2.20. The molecule has 1 saturated heterocycles. The molecule has 1 aromatic carbocycles. The Morgan fingerprint density at radius 1 is 1.11 bits per heavy atom. The molecule has 1 aliphatic rings. The van der Waals surface area contributed by atoms with Gasteiger partial charge in [0.15, 0.2) is 11.9 Å². The van der Waals surface area contributed by atoms with E-state index in [0.29, 0.717) is 0 Å². The first kappa shape index (κ1) is 12.9. The van der Waals surface area contributed by atoms with Crippen molar-refractivity contribution >= 4 is 0 Å². The Bertz CT molecular complexity index is 442. The van der Waals surface area contributed by atoms with E-state index in [2.05, 4.69) is 11.3 Å². The highest BCUT2D eigenvalue weighted by atomic mass is 19.3. The Morgan fingerprint density at radius 3 is 2.22 bits per heavy atom. The predicted molar refractivity (Wildman–Crippen MR) is 58.7 cm³/mol. The van der Waals surface area contributed by atoms with Crippen LogP contribution >= 0.6 is 0 Å². The number of hydrogen-bond donors (Lipinski definition) is 0. The Kier molecular flexibility index (Phi) is 3.09. The van der Waals surface area contributed by atoms with E-state index in [9.17, 15) is 17.6 Å². The van der Waals surface area contributed by atoms with E-state index < -0.39 is 23.7 Å². The Labute approximate surface area is 102 Å². The van der Waals surface area contributed by atoms with E-state index >= 15 is 0 Å². The van der Waals surface area contributed by atoms with Crippen molar-refractivity contribution in [2.24, 2.45) is 0 Å². The van der Waals surface area contributed by atoms with Gasteiger partial charge >= 0.3 is 11.8 Å². The largest absolute Gasteiger partial charge is 0.482 e. The third-order valence-electron chi connectivity index (χ3n) is 3.00. The van der Waals surface area contributed by atoms with Gasteiger partial charge in [0.05, 0.1) is 0 Å². The molecule has 0 aromatic heterocycles. The van der Waals surface area contributed by atoms with Gasteiger partial charge in [-0.2, -0.15) is 17.6 Å². The molecule has 0 amide bonds. The number of halogens is 4. The quantitative estimate of drug-likeness (QED) is 0.751. The summed E-state index contributed by atoms with van der Waals surface area (Å²) in [4.78, 5) is 0. The minimum absolute atomic E-state index is 0.175. The molecule has 0 aliphatic carbocycles. The third-order valence-corrected chi connectivity index (χ3v) is 3.00. The molecule has 1 nitrogen and oxygen atoms in total. The van der Waals surface area contributed by atoms with Gasteiger partial charge in [-0.05, 0) is 18.4 Å². The minimum Gasteiger partial charge on any atom is -0.482 e. The van der Waals surface area contributed by atoms with E-state index in [1.54, 1.807) is 30.3 Å². The Hall–Kier alpha value is -1.52. The first-order chi connectivity index (χ1) is 8.35. The predicted octanol–water partition coefficient (Wildman–Crippen LogP) is 3.80. The number of ether oxygens (including phenoxy) is 1. The van der Waals surface area contributed by atoms with E-state index in [0.717, 1.165) is 5.56 Å². The molecular formula is C13H12F4O. The highest BCUT2D eigenvalue weighted by Gasteiger charge is 2.70. The summed E-state index contributed by atoms with van der Waals surface area (Å²) in [6, 6.07) is 8.81. The van der Waals surface area contributed by atoms with Gasteiger partial charge in [0.1, 0.15) is 0 Å². The zero-order valence-electron chi connectivity index (χ0n) is 9.51. The molecule has 1 aromatic rings. The first-order valence-electron chi connectivity index (χ1n) is 5.51. The van der Waals surface area contributed by atoms with Gasteiger partial charge in [-0.15, -0.1) is 0 Å². The molecule has 0 saturated carbocycles. The van der Waals surface area contributed by atoms with E-state index in [-0.39, 0.29) is 12.8 Å². The van der Waals surface area contributed by atoms with Crippen LogP contribution in [0.1, 0.15) is 12.0 Å². The molecule has 5 heteroatoms. The maximum atomic E-state index is 13.4. The van der Waals surface area contributed by atoms with Crippen LogP contribution in [-0.4, -0.2) is 17.9 Å². The molecule has 1 aliphatic heterocycles. The molecule has 0 N–H and O–H groups in total. The summed E-state index contributed by atoms with van der Waals surface area (Å²) in [7, 11) is 0. The molecule has 1 unspecified atom stereocenters. The van der Waals surface area contributed by atoms with Gasteiger partial charge in [-0.3, -0.25) is 0 Å². The summed E-state index contributed by atoms with van der Waals surface area (Å²) >= 11 is 0. The van der Waals surface area contributed by atoms with Crippen molar-refractivity contribution in [3.05, 3.63) is 48.2 Å². The second-order valence-corrected chi connectivity index (χ2v) is 4.25. The minimum atomic E-state index is -4.28. The summed E-state index contributed by atoms with van der Waals surface area (Å²) in [5.41, 5.74) is 0.803. The van der Waals surface area contributed by atoms with Crippen LogP contribution in [0, 0.1) is 0 Å². The fourth-order valence-electron chi connectivity index (χ4n) is 1.89. The summed E-state index contributed by atoms with van der Waals surface area (Å²) in [6.07, 6.45) is -1.74. The van der Waals surface area contributed by atoms with E-state index in [1.165, 1.54) is 0 Å². The number of aryl methyl sites for hydroxylation is 1. The van der Waals surface area contributed by atoms with Crippen molar-refractivity contribution in [1.82, 2.24) is 0 Å². The van der Waals surface area contributed by atoms with Crippen molar-refractivity contribution in [3.8, 4) is 0 Å². The topological polar surface area (TPSA) is 9.23 Å². The van der Waals surface area contributed by atoms with E-state index in [1.807, 2.05) is 0 Å². The van der Waals surface area contributed by atoms with Crippen molar-refractivity contribution in [2.45, 2.75) is 30.8 Å². The standard InChI is InChI=1S/C13H12F4O/c1-9-12(14,15)13(16,17)11(18-9)8-7-10-5-3-2-4-6-10/h2-6,11H,1,7-8H2. The molecule has 1 fully saturated rings. The molecule has 0 spiro atoms. The molecular weight excluding hydrogens is 248 g/mol. The zero-order chi connectivity index (χ0) is 13.4. The van der Waals surface area contributed by atoms with Crippen LogP contribution in [0.15, 0.2) is 42.7 Å². The lowest BCUT2D eigenvalue weighted by atomic mass is 10.0. The normalized spacial score (nSPS) is 24.9. The van der Waals surface area contributed by atoms with Crippen molar-refractivity contribution in [3.63, 3.8) is 0 Å². The Morgan fingerprint density at radius 2 is 1.72 bits per heavy atom. The maximum Gasteiger partial charge on any atom is 0.369 e. The van der Waals surface area contributed by atoms with Crippen LogP contribution in [0.2, 0.25) is 0 Å². The van der Waals surface area contributed by atoms with Crippen LogP contribution in [0.4, 0.5) is 17.6 Å². The number of alkyl halides is 4. The lowest BCUT2D eigenvalue weighted by Crippen LogP contribution is -2.43. The smallest absolute Gasteiger partial charge is 0.369 e. The van der Waals surface area contributed by atoms with Crippen LogP contribution < -0.4 is 0 Å². The average Bonchev–Trinajstić information content (AvgIpc) is 2.48. The van der Waals surface area contributed by atoms with Crippen molar-refractivity contribution in [1.29, 1.82) is 0 Å². The van der Waals surface area contributed by atoms with Gasteiger partial charge in [0, 0.05) is 0 Å². The van der Waals surface area contributed by atoms with Gasteiger partial charge in [0.2, 0.25) is 0 Å². The van der Waals surface area contributed by atoms with Crippen LogP contribution in [0.5, 0.6) is 0 Å². The number of rotatable bonds is 3. The maximum absolute atomic E-state index is 13.4. The Balaban J connectivity index is 2.05. The summed E-state index contributed by atoms with van der Waals surface area (Å²) < 4.78 is 57.6. The third kappa shape index (κ3) is 1.98. The number of benzene rings is 1. The van der Waals surface area contributed by atoms with Gasteiger partial charge < -0.3 is 4.74 Å². The fraction of sp³-hybridized carbons (Fsp3) is 0.385. The van der Waals surface area contributed by atoms with Crippen molar-refractivity contribution in [2.75, 3.05) is 0 Å². The molecule has 0 radical (unpaired) electrons. The molecule has 98 valence electrons. The van der Waals surface area contributed by atoms with Gasteiger partial charge in [-0.25, -0.2) is 0 Å². The van der Waals surface area contributed by atoms with Crippen molar-refractivity contribution < 1.29 is 22.3 Å². The number of hydrogen-bond acceptors (Lipinski definition) is 1.